The van der Waals surface area contributed by atoms with Crippen LogP contribution >= 0.6 is 15.9 Å². The molecule has 1 aromatic heterocycles. The minimum absolute atomic E-state index is 0.0908. The molecule has 0 saturated heterocycles. The van der Waals surface area contributed by atoms with Gasteiger partial charge in [0.2, 0.25) is 0 Å². The maximum absolute atomic E-state index is 5.74. The zero-order chi connectivity index (χ0) is 12.8. The zero-order valence-electron chi connectivity index (χ0n) is 10.5. The zero-order valence-corrected chi connectivity index (χ0v) is 12.1. The number of hydrogen-bond acceptors (Lipinski definition) is 3. The summed E-state index contributed by atoms with van der Waals surface area (Å²) in [7, 11) is 0. The first-order valence-corrected chi connectivity index (χ1v) is 7.36. The standard InChI is InChI=1S/C14H20BrN3/c15-13-8-12(9-17-10-13)14(18-16)11-6-4-2-1-3-5-7-11/h6,8-10,14,18H,1-5,7,16H2/b11-6+. The molecule has 1 aliphatic rings. The fourth-order valence-electron chi connectivity index (χ4n) is 2.48. The number of rotatable bonds is 3. The lowest BCUT2D eigenvalue weighted by atomic mass is 9.92. The third-order valence-corrected chi connectivity index (χ3v) is 3.86. The van der Waals surface area contributed by atoms with E-state index in [0.29, 0.717) is 0 Å². The van der Waals surface area contributed by atoms with Gasteiger partial charge in [-0.2, -0.15) is 0 Å². The van der Waals surface area contributed by atoms with Gasteiger partial charge < -0.3 is 0 Å². The molecule has 2 rings (SSSR count). The summed E-state index contributed by atoms with van der Waals surface area (Å²) in [5.41, 5.74) is 5.46. The number of nitrogens with zero attached hydrogens (tertiary/aromatic N) is 1. The van der Waals surface area contributed by atoms with Crippen LogP contribution in [0.4, 0.5) is 0 Å². The van der Waals surface area contributed by atoms with E-state index >= 15 is 0 Å². The number of hydrazine groups is 1. The van der Waals surface area contributed by atoms with Crippen molar-refractivity contribution in [2.45, 2.75) is 44.6 Å². The lowest BCUT2D eigenvalue weighted by molar-refractivity contribution is 0.554. The molecule has 0 aromatic carbocycles. The molecule has 1 aliphatic carbocycles. The molecular weight excluding hydrogens is 290 g/mol. The van der Waals surface area contributed by atoms with E-state index in [1.807, 2.05) is 6.20 Å². The van der Waals surface area contributed by atoms with E-state index in [1.165, 1.54) is 31.3 Å². The van der Waals surface area contributed by atoms with Crippen molar-refractivity contribution in [1.29, 1.82) is 0 Å². The van der Waals surface area contributed by atoms with E-state index in [0.717, 1.165) is 22.9 Å². The van der Waals surface area contributed by atoms with E-state index in [9.17, 15) is 0 Å². The van der Waals surface area contributed by atoms with Crippen LogP contribution in [0.3, 0.4) is 0 Å². The van der Waals surface area contributed by atoms with Crippen LogP contribution in [0.15, 0.2) is 34.6 Å². The second kappa shape index (κ2) is 7.02. The average molecular weight is 310 g/mol. The Balaban J connectivity index is 2.21. The molecule has 18 heavy (non-hydrogen) atoms. The van der Waals surface area contributed by atoms with Gasteiger partial charge in [0.1, 0.15) is 0 Å². The summed E-state index contributed by atoms with van der Waals surface area (Å²) in [6, 6.07) is 2.17. The molecule has 3 nitrogen and oxygen atoms in total. The third kappa shape index (κ3) is 3.64. The fraction of sp³-hybridized carbons (Fsp3) is 0.500. The van der Waals surface area contributed by atoms with Gasteiger partial charge in [0.05, 0.1) is 6.04 Å². The minimum atomic E-state index is 0.0908. The summed E-state index contributed by atoms with van der Waals surface area (Å²) in [6.07, 6.45) is 13.5. The first-order chi connectivity index (χ1) is 8.81. The van der Waals surface area contributed by atoms with Crippen molar-refractivity contribution in [3.63, 3.8) is 0 Å². The number of halogens is 1. The molecule has 0 spiro atoms. The number of pyridine rings is 1. The van der Waals surface area contributed by atoms with Gasteiger partial charge in [-0.3, -0.25) is 10.8 Å². The van der Waals surface area contributed by atoms with Crippen molar-refractivity contribution < 1.29 is 0 Å². The normalized spacial score (nSPS) is 21.6. The first kappa shape index (κ1) is 13.7. The quantitative estimate of drug-likeness (QED) is 0.509. The summed E-state index contributed by atoms with van der Waals surface area (Å²) in [6.45, 7) is 0. The molecule has 3 N–H and O–H groups in total. The van der Waals surface area contributed by atoms with E-state index < -0.39 is 0 Å². The molecule has 0 saturated carbocycles. The van der Waals surface area contributed by atoms with Crippen molar-refractivity contribution in [3.05, 3.63) is 40.1 Å². The molecule has 1 unspecified atom stereocenters. The minimum Gasteiger partial charge on any atom is -0.271 e. The Morgan fingerprint density at radius 2 is 2.06 bits per heavy atom. The predicted molar refractivity (Wildman–Crippen MR) is 77.8 cm³/mol. The van der Waals surface area contributed by atoms with Crippen LogP contribution in [-0.4, -0.2) is 4.98 Å². The first-order valence-electron chi connectivity index (χ1n) is 6.57. The predicted octanol–water partition coefficient (Wildman–Crippen LogP) is 3.63. The molecule has 98 valence electrons. The second-order valence-electron chi connectivity index (χ2n) is 4.77. The number of hydrogen-bond donors (Lipinski definition) is 2. The van der Waals surface area contributed by atoms with Gasteiger partial charge in [-0.05, 0) is 53.2 Å². The number of nitrogens with one attached hydrogen (secondary N) is 1. The Bertz CT molecular complexity index is 417. The Morgan fingerprint density at radius 3 is 2.83 bits per heavy atom. The monoisotopic (exact) mass is 309 g/mol. The smallest absolute Gasteiger partial charge is 0.0685 e. The van der Waals surface area contributed by atoms with Crippen molar-refractivity contribution >= 4 is 15.9 Å². The van der Waals surface area contributed by atoms with Gasteiger partial charge in [-0.1, -0.05) is 24.5 Å². The summed E-state index contributed by atoms with van der Waals surface area (Å²) < 4.78 is 0.992. The molecule has 0 fully saturated rings. The molecule has 0 amide bonds. The van der Waals surface area contributed by atoms with Crippen LogP contribution < -0.4 is 11.3 Å². The summed E-state index contributed by atoms with van der Waals surface area (Å²) in [5.74, 6) is 5.74. The molecule has 0 bridgehead atoms. The van der Waals surface area contributed by atoms with Crippen LogP contribution in [0.5, 0.6) is 0 Å². The Kier molecular flexibility index (Phi) is 5.35. The Labute approximate surface area is 117 Å². The van der Waals surface area contributed by atoms with Gasteiger partial charge in [0.15, 0.2) is 0 Å². The topological polar surface area (TPSA) is 50.9 Å². The maximum atomic E-state index is 5.74. The average Bonchev–Trinajstić information content (AvgIpc) is 2.32. The third-order valence-electron chi connectivity index (χ3n) is 3.42. The fourth-order valence-corrected chi connectivity index (χ4v) is 2.86. The van der Waals surface area contributed by atoms with E-state index in [1.54, 1.807) is 6.20 Å². The van der Waals surface area contributed by atoms with Crippen LogP contribution in [0, 0.1) is 0 Å². The molecule has 1 heterocycles. The van der Waals surface area contributed by atoms with Crippen molar-refractivity contribution in [3.8, 4) is 0 Å². The number of nitrogens with two attached hydrogens (primary N) is 1. The number of aromatic nitrogens is 1. The summed E-state index contributed by atoms with van der Waals surface area (Å²) in [4.78, 5) is 4.22. The Morgan fingerprint density at radius 1 is 1.22 bits per heavy atom. The maximum Gasteiger partial charge on any atom is 0.0685 e. The van der Waals surface area contributed by atoms with Crippen LogP contribution in [0.2, 0.25) is 0 Å². The molecular formula is C14H20BrN3. The summed E-state index contributed by atoms with van der Waals surface area (Å²) in [5, 5.41) is 0. The van der Waals surface area contributed by atoms with Gasteiger partial charge in [-0.25, -0.2) is 5.43 Å². The number of allylic oxidation sites excluding steroid dienone is 1. The van der Waals surface area contributed by atoms with Gasteiger partial charge in [-0.15, -0.1) is 0 Å². The van der Waals surface area contributed by atoms with Crippen LogP contribution in [-0.2, 0) is 0 Å². The van der Waals surface area contributed by atoms with Gasteiger partial charge in [0.25, 0.3) is 0 Å². The highest BCUT2D eigenvalue weighted by Gasteiger charge is 2.16. The Hall–Kier alpha value is -0.710. The van der Waals surface area contributed by atoms with Crippen molar-refractivity contribution in [2.24, 2.45) is 5.84 Å². The largest absolute Gasteiger partial charge is 0.271 e. The molecule has 0 radical (unpaired) electrons. The summed E-state index contributed by atoms with van der Waals surface area (Å²) >= 11 is 3.46. The molecule has 1 aromatic rings. The van der Waals surface area contributed by atoms with E-state index in [-0.39, 0.29) is 6.04 Å². The molecule has 0 aliphatic heterocycles. The van der Waals surface area contributed by atoms with Gasteiger partial charge >= 0.3 is 0 Å². The second-order valence-corrected chi connectivity index (χ2v) is 5.68. The highest BCUT2D eigenvalue weighted by Crippen LogP contribution is 2.28. The lowest BCUT2D eigenvalue weighted by Crippen LogP contribution is -2.29. The SMILES string of the molecule is NNC(/C1=C/CCCCCC1)c1cncc(Br)c1. The van der Waals surface area contributed by atoms with Crippen molar-refractivity contribution in [1.82, 2.24) is 10.4 Å². The highest BCUT2D eigenvalue weighted by atomic mass is 79.9. The highest BCUT2D eigenvalue weighted by molar-refractivity contribution is 9.10. The van der Waals surface area contributed by atoms with Crippen molar-refractivity contribution in [2.75, 3.05) is 0 Å². The van der Waals surface area contributed by atoms with Crippen LogP contribution in [0.1, 0.15) is 50.1 Å². The molecule has 4 heteroatoms. The van der Waals surface area contributed by atoms with Crippen LogP contribution in [0.25, 0.3) is 0 Å². The van der Waals surface area contributed by atoms with Gasteiger partial charge in [0, 0.05) is 16.9 Å². The van der Waals surface area contributed by atoms with E-state index in [2.05, 4.69) is 38.5 Å². The lowest BCUT2D eigenvalue weighted by Gasteiger charge is -2.21. The van der Waals surface area contributed by atoms with E-state index in [4.69, 9.17) is 5.84 Å². The molecule has 1 atom stereocenters.